The lowest BCUT2D eigenvalue weighted by atomic mass is 10.1. The predicted octanol–water partition coefficient (Wildman–Crippen LogP) is 2.52. The Morgan fingerprint density at radius 3 is 2.73 bits per heavy atom. The van der Waals surface area contributed by atoms with Crippen LogP contribution in [0.1, 0.15) is 62.4 Å². The van der Waals surface area contributed by atoms with Crippen LogP contribution in [0.15, 0.2) is 4.79 Å². The Bertz CT molecular complexity index is 811. The van der Waals surface area contributed by atoms with Crippen molar-refractivity contribution in [3.05, 3.63) is 27.2 Å². The van der Waals surface area contributed by atoms with E-state index in [0.717, 1.165) is 19.3 Å². The molecular weight excluding hydrogens is 401 g/mol. The number of carbonyl (C=O) groups is 1. The van der Waals surface area contributed by atoms with Gasteiger partial charge in [-0.2, -0.15) is 18.3 Å². The van der Waals surface area contributed by atoms with Gasteiger partial charge >= 0.3 is 6.18 Å². The number of amides is 1. The maximum absolute atomic E-state index is 13.4. The molecule has 3 rings (SSSR count). The second-order valence-corrected chi connectivity index (χ2v) is 7.88. The van der Waals surface area contributed by atoms with Crippen molar-refractivity contribution in [1.82, 2.24) is 20.0 Å². The molecule has 2 atom stereocenters. The van der Waals surface area contributed by atoms with Gasteiger partial charge in [0.25, 0.3) is 11.5 Å². The number of rotatable bonds is 7. The molecule has 1 saturated heterocycles. The van der Waals surface area contributed by atoms with Crippen molar-refractivity contribution in [2.75, 3.05) is 32.8 Å². The van der Waals surface area contributed by atoms with Crippen molar-refractivity contribution in [2.45, 2.75) is 64.3 Å². The molecule has 7 nitrogen and oxygen atoms in total. The van der Waals surface area contributed by atoms with Crippen LogP contribution in [0, 0.1) is 0 Å². The number of morpholine rings is 1. The number of nitrogens with zero attached hydrogens (tertiary/aromatic N) is 3. The SMILES string of the molecule is CCCCN(CCC)C(=O)C1CN(C2CCc3c2n[nH]c(=O)c3C(F)(F)F)CCO1. The van der Waals surface area contributed by atoms with Crippen LogP contribution < -0.4 is 5.56 Å². The van der Waals surface area contributed by atoms with E-state index in [9.17, 15) is 22.8 Å². The number of nitrogens with one attached hydrogen (secondary N) is 1. The quantitative estimate of drug-likeness (QED) is 0.719. The van der Waals surface area contributed by atoms with Gasteiger partial charge in [-0.25, -0.2) is 5.10 Å². The first-order valence-corrected chi connectivity index (χ1v) is 10.6. The first kappa shape index (κ1) is 22.7. The Kier molecular flexibility index (Phi) is 7.18. The molecule has 2 unspecified atom stereocenters. The van der Waals surface area contributed by atoms with E-state index in [1.54, 1.807) is 0 Å². The largest absolute Gasteiger partial charge is 0.422 e. The number of carbonyl (C=O) groups excluding carboxylic acids is 1. The average molecular weight is 430 g/mol. The zero-order valence-electron chi connectivity index (χ0n) is 17.4. The second-order valence-electron chi connectivity index (χ2n) is 7.88. The Hall–Kier alpha value is -1.94. The zero-order valence-corrected chi connectivity index (χ0v) is 17.4. The third-order valence-electron chi connectivity index (χ3n) is 5.78. The van der Waals surface area contributed by atoms with Crippen LogP contribution in [-0.4, -0.2) is 64.8 Å². The van der Waals surface area contributed by atoms with Crippen molar-refractivity contribution in [3.63, 3.8) is 0 Å². The van der Waals surface area contributed by atoms with E-state index in [1.807, 2.05) is 21.8 Å². The molecule has 1 aromatic heterocycles. The summed E-state index contributed by atoms with van der Waals surface area (Å²) in [6.07, 6.45) is -2.06. The summed E-state index contributed by atoms with van der Waals surface area (Å²) in [6, 6.07) is -0.368. The Labute approximate surface area is 173 Å². The van der Waals surface area contributed by atoms with Crippen LogP contribution in [0.5, 0.6) is 0 Å². The van der Waals surface area contributed by atoms with Crippen molar-refractivity contribution in [3.8, 4) is 0 Å². The molecular formula is C20H29F3N4O3. The van der Waals surface area contributed by atoms with Crippen molar-refractivity contribution >= 4 is 5.91 Å². The van der Waals surface area contributed by atoms with E-state index >= 15 is 0 Å². The molecule has 0 saturated carbocycles. The highest BCUT2D eigenvalue weighted by molar-refractivity contribution is 5.81. The highest BCUT2D eigenvalue weighted by Gasteiger charge is 2.43. The number of aromatic nitrogens is 2. The molecule has 2 heterocycles. The molecule has 0 radical (unpaired) electrons. The van der Waals surface area contributed by atoms with Crippen LogP contribution in [0.2, 0.25) is 0 Å². The number of hydrogen-bond donors (Lipinski definition) is 1. The number of H-pyrrole nitrogens is 1. The van der Waals surface area contributed by atoms with E-state index in [-0.39, 0.29) is 29.6 Å². The van der Waals surface area contributed by atoms with Crippen LogP contribution in [0.4, 0.5) is 13.2 Å². The normalized spacial score (nSPS) is 22.2. The van der Waals surface area contributed by atoms with Gasteiger partial charge in [-0.3, -0.25) is 14.5 Å². The van der Waals surface area contributed by atoms with Gasteiger partial charge in [0.2, 0.25) is 0 Å². The third-order valence-corrected chi connectivity index (χ3v) is 5.78. The predicted molar refractivity (Wildman–Crippen MR) is 104 cm³/mol. The van der Waals surface area contributed by atoms with Crippen LogP contribution in [-0.2, 0) is 22.1 Å². The molecule has 10 heteroatoms. The van der Waals surface area contributed by atoms with Gasteiger partial charge < -0.3 is 9.64 Å². The summed E-state index contributed by atoms with van der Waals surface area (Å²) in [6.45, 7) is 6.54. The summed E-state index contributed by atoms with van der Waals surface area (Å²) in [5.41, 5.74) is -2.12. The molecule has 1 aromatic rings. The summed E-state index contributed by atoms with van der Waals surface area (Å²) < 4.78 is 45.8. The van der Waals surface area contributed by atoms with Gasteiger partial charge in [-0.1, -0.05) is 20.3 Å². The molecule has 30 heavy (non-hydrogen) atoms. The number of alkyl halides is 3. The number of aromatic amines is 1. The fourth-order valence-corrected chi connectivity index (χ4v) is 4.36. The van der Waals surface area contributed by atoms with E-state index in [4.69, 9.17) is 4.74 Å². The average Bonchev–Trinajstić information content (AvgIpc) is 3.13. The Balaban J connectivity index is 1.78. The van der Waals surface area contributed by atoms with Crippen molar-refractivity contribution in [2.24, 2.45) is 0 Å². The van der Waals surface area contributed by atoms with E-state index in [1.165, 1.54) is 0 Å². The Morgan fingerprint density at radius 1 is 1.30 bits per heavy atom. The van der Waals surface area contributed by atoms with Crippen LogP contribution >= 0.6 is 0 Å². The third kappa shape index (κ3) is 4.69. The molecule has 1 aliphatic heterocycles. The standard InChI is InChI=1S/C20H29F3N4O3/c1-3-5-9-26(8-4-2)19(29)15-12-27(10-11-30-15)14-7-6-13-16(20(21,22)23)18(28)25-24-17(13)14/h14-15H,3-12H2,1-2H3,(H,25,28). The highest BCUT2D eigenvalue weighted by atomic mass is 19.4. The Morgan fingerprint density at radius 2 is 2.07 bits per heavy atom. The minimum absolute atomic E-state index is 0.0267. The highest BCUT2D eigenvalue weighted by Crippen LogP contribution is 2.40. The number of ether oxygens (including phenoxy) is 1. The monoisotopic (exact) mass is 430 g/mol. The van der Waals surface area contributed by atoms with E-state index in [0.29, 0.717) is 39.2 Å². The maximum atomic E-state index is 13.4. The lowest BCUT2D eigenvalue weighted by Crippen LogP contribution is -2.52. The minimum Gasteiger partial charge on any atom is -0.366 e. The molecule has 2 aliphatic rings. The summed E-state index contributed by atoms with van der Waals surface area (Å²) in [4.78, 5) is 28.5. The second kappa shape index (κ2) is 9.47. The van der Waals surface area contributed by atoms with E-state index < -0.39 is 23.4 Å². The van der Waals surface area contributed by atoms with Crippen LogP contribution in [0.25, 0.3) is 0 Å². The zero-order chi connectivity index (χ0) is 21.9. The van der Waals surface area contributed by atoms with E-state index in [2.05, 4.69) is 12.0 Å². The number of hydrogen-bond acceptors (Lipinski definition) is 5. The molecule has 0 aromatic carbocycles. The topological polar surface area (TPSA) is 78.5 Å². The number of unbranched alkanes of at least 4 members (excludes halogenated alkanes) is 1. The first-order valence-electron chi connectivity index (χ1n) is 10.6. The van der Waals surface area contributed by atoms with Gasteiger partial charge in [-0.15, -0.1) is 0 Å². The van der Waals surface area contributed by atoms with Gasteiger partial charge in [-0.05, 0) is 31.2 Å². The molecule has 168 valence electrons. The van der Waals surface area contributed by atoms with Gasteiger partial charge in [0.05, 0.1) is 18.3 Å². The molecule has 1 aliphatic carbocycles. The summed E-state index contributed by atoms with van der Waals surface area (Å²) in [5, 5.41) is 5.96. The van der Waals surface area contributed by atoms with Gasteiger partial charge in [0.1, 0.15) is 11.7 Å². The maximum Gasteiger partial charge on any atom is 0.422 e. The molecule has 1 amide bonds. The molecule has 1 fully saturated rings. The smallest absolute Gasteiger partial charge is 0.366 e. The summed E-state index contributed by atoms with van der Waals surface area (Å²) >= 11 is 0. The fraction of sp³-hybridized carbons (Fsp3) is 0.750. The first-order chi connectivity index (χ1) is 14.3. The van der Waals surface area contributed by atoms with Gasteiger partial charge in [0.15, 0.2) is 0 Å². The molecule has 0 spiro atoms. The lowest BCUT2D eigenvalue weighted by Gasteiger charge is -2.37. The summed E-state index contributed by atoms with van der Waals surface area (Å²) in [7, 11) is 0. The minimum atomic E-state index is -4.72. The van der Waals surface area contributed by atoms with Crippen molar-refractivity contribution in [1.29, 1.82) is 0 Å². The van der Waals surface area contributed by atoms with Crippen LogP contribution in [0.3, 0.4) is 0 Å². The molecule has 1 N–H and O–H groups in total. The number of fused-ring (bicyclic) bond motifs is 1. The number of halogens is 3. The van der Waals surface area contributed by atoms with Gasteiger partial charge in [0, 0.05) is 26.2 Å². The summed E-state index contributed by atoms with van der Waals surface area (Å²) in [5.74, 6) is -0.0707. The lowest BCUT2D eigenvalue weighted by molar-refractivity contribution is -0.151. The van der Waals surface area contributed by atoms with Crippen molar-refractivity contribution < 1.29 is 22.7 Å². The fourth-order valence-electron chi connectivity index (χ4n) is 4.36. The molecule has 0 bridgehead atoms.